The molecule has 1 aliphatic rings. The fourth-order valence-electron chi connectivity index (χ4n) is 3.20. The molecule has 3 N–H and O–H groups in total. The van der Waals surface area contributed by atoms with Gasteiger partial charge in [0.25, 0.3) is 5.56 Å². The maximum absolute atomic E-state index is 13.7. The summed E-state index contributed by atoms with van der Waals surface area (Å²) in [5.41, 5.74) is -3.06. The number of fused-ring (bicyclic) bond motifs is 1. The van der Waals surface area contributed by atoms with E-state index in [0.717, 1.165) is 6.26 Å². The van der Waals surface area contributed by atoms with Crippen molar-refractivity contribution in [2.75, 3.05) is 13.2 Å². The Bertz CT molecular complexity index is 1170. The van der Waals surface area contributed by atoms with Crippen LogP contribution in [-0.4, -0.2) is 34.1 Å². The van der Waals surface area contributed by atoms with E-state index in [4.69, 9.17) is 13.8 Å². The number of aryl methyl sites for hydroxylation is 1. The van der Waals surface area contributed by atoms with E-state index in [1.54, 1.807) is 26.8 Å². The molecule has 1 aromatic carbocycles. The second-order valence-electron chi connectivity index (χ2n) is 6.47. The molecule has 1 aliphatic heterocycles. The number of hydrogen-bond acceptors (Lipinski definition) is 8. The normalized spacial score (nSPS) is 15.8. The number of hydrogen-bond donors (Lipinski definition) is 3. The molecule has 10 nitrogen and oxygen atoms in total. The summed E-state index contributed by atoms with van der Waals surface area (Å²) in [4.78, 5) is 41.9. The molecule has 11 heteroatoms. The van der Waals surface area contributed by atoms with Crippen LogP contribution in [0.1, 0.15) is 41.0 Å². The summed E-state index contributed by atoms with van der Waals surface area (Å²) in [7, 11) is -4.12. The number of nitrogens with one attached hydrogen (secondary N) is 2. The minimum Gasteiger partial charge on any atom is -0.507 e. The van der Waals surface area contributed by atoms with E-state index in [0.29, 0.717) is 5.56 Å². The average molecular weight is 436 g/mol. The number of aromatic amines is 2. The van der Waals surface area contributed by atoms with Crippen LogP contribution in [0.3, 0.4) is 0 Å². The number of phenolic OH excluding ortho intramolecular Hbond substituents is 1. The highest BCUT2D eigenvalue weighted by Gasteiger charge is 2.48. The number of aromatic nitrogens is 2. The van der Waals surface area contributed by atoms with Crippen LogP contribution in [-0.2, 0) is 13.6 Å². The predicted octanol–water partition coefficient (Wildman–Crippen LogP) is 2.54. The minimum atomic E-state index is -4.12. The Morgan fingerprint density at radius 3 is 2.50 bits per heavy atom. The quantitative estimate of drug-likeness (QED) is 0.443. The fraction of sp³-hybridized carbons (Fsp3) is 0.316. The number of allylic oxidation sites excluding steroid dienone is 1. The van der Waals surface area contributed by atoms with Crippen LogP contribution in [0.4, 0.5) is 0 Å². The molecule has 0 amide bonds. The van der Waals surface area contributed by atoms with Crippen LogP contribution in [0.25, 0.3) is 0 Å². The van der Waals surface area contributed by atoms with E-state index in [2.05, 4.69) is 4.98 Å². The lowest BCUT2D eigenvalue weighted by Gasteiger charge is -2.30. The molecule has 2 aromatic rings. The Morgan fingerprint density at radius 2 is 1.87 bits per heavy atom. The number of ketones is 1. The highest BCUT2D eigenvalue weighted by atomic mass is 31.2. The van der Waals surface area contributed by atoms with Gasteiger partial charge in [-0.3, -0.25) is 24.1 Å². The van der Waals surface area contributed by atoms with Gasteiger partial charge in [0.05, 0.1) is 29.9 Å². The van der Waals surface area contributed by atoms with E-state index >= 15 is 0 Å². The number of carbonyl (C=O) groups is 1. The first-order valence-corrected chi connectivity index (χ1v) is 10.8. The summed E-state index contributed by atoms with van der Waals surface area (Å²) in [6.07, 6.45) is 0.983. The zero-order chi connectivity index (χ0) is 22.1. The van der Waals surface area contributed by atoms with E-state index in [1.807, 2.05) is 4.98 Å². The van der Waals surface area contributed by atoms with Gasteiger partial charge in [-0.25, -0.2) is 4.79 Å². The molecule has 0 saturated carbocycles. The summed E-state index contributed by atoms with van der Waals surface area (Å²) in [6, 6.07) is 4.42. The Balaban J connectivity index is 2.26. The summed E-state index contributed by atoms with van der Waals surface area (Å²) < 4.78 is 29.8. The Kier molecular flexibility index (Phi) is 6.12. The molecule has 0 bridgehead atoms. The fourth-order valence-corrected chi connectivity index (χ4v) is 5.36. The van der Waals surface area contributed by atoms with Crippen molar-refractivity contribution in [2.24, 2.45) is 0 Å². The summed E-state index contributed by atoms with van der Waals surface area (Å²) in [5, 5.41) is 10.2. The van der Waals surface area contributed by atoms with Crippen molar-refractivity contribution >= 4 is 13.4 Å². The van der Waals surface area contributed by atoms with Crippen molar-refractivity contribution in [1.29, 1.82) is 0 Å². The number of phenols is 1. The van der Waals surface area contributed by atoms with Gasteiger partial charge in [0.2, 0.25) is 5.88 Å². The maximum Gasteiger partial charge on any atom is 0.343 e. The molecule has 2 heterocycles. The first-order valence-electron chi connectivity index (χ1n) is 9.18. The smallest absolute Gasteiger partial charge is 0.343 e. The van der Waals surface area contributed by atoms with E-state index in [1.165, 1.54) is 12.1 Å². The van der Waals surface area contributed by atoms with Crippen LogP contribution in [0.2, 0.25) is 0 Å². The number of H-pyrrole nitrogens is 2. The number of carbonyl (C=O) groups excluding carboxylic acids is 1. The lowest BCUT2D eigenvalue weighted by Crippen LogP contribution is -2.32. The van der Waals surface area contributed by atoms with E-state index in [9.17, 15) is 24.1 Å². The third-order valence-corrected chi connectivity index (χ3v) is 6.81. The third kappa shape index (κ3) is 3.89. The minimum absolute atomic E-state index is 0.0254. The summed E-state index contributed by atoms with van der Waals surface area (Å²) >= 11 is 0. The maximum atomic E-state index is 13.7. The number of aromatic hydroxyl groups is 1. The largest absolute Gasteiger partial charge is 0.507 e. The zero-order valence-corrected chi connectivity index (χ0v) is 17.4. The van der Waals surface area contributed by atoms with Gasteiger partial charge in [0, 0.05) is 0 Å². The SMILES string of the molecule is CCOP(=O)(OCC)C1C(C(=O)c2cc(C)ccc2O)=COc2[nH]c(=O)[nH]c(=O)c21. The lowest BCUT2D eigenvalue weighted by molar-refractivity contribution is 0.102. The van der Waals surface area contributed by atoms with Crippen molar-refractivity contribution < 1.29 is 28.3 Å². The molecule has 0 radical (unpaired) electrons. The highest BCUT2D eigenvalue weighted by Crippen LogP contribution is 2.65. The van der Waals surface area contributed by atoms with Crippen molar-refractivity contribution in [3.8, 4) is 11.6 Å². The Labute approximate surface area is 171 Å². The van der Waals surface area contributed by atoms with Crippen LogP contribution < -0.4 is 16.0 Å². The van der Waals surface area contributed by atoms with Gasteiger partial charge < -0.3 is 18.9 Å². The molecule has 30 heavy (non-hydrogen) atoms. The number of benzene rings is 1. The molecule has 0 spiro atoms. The average Bonchev–Trinajstić information content (AvgIpc) is 2.68. The second-order valence-corrected chi connectivity index (χ2v) is 8.58. The monoisotopic (exact) mass is 436 g/mol. The summed E-state index contributed by atoms with van der Waals surface area (Å²) in [5.74, 6) is -1.29. The zero-order valence-electron chi connectivity index (χ0n) is 16.6. The Morgan fingerprint density at radius 1 is 1.20 bits per heavy atom. The van der Waals surface area contributed by atoms with Gasteiger partial charge in [-0.2, -0.15) is 0 Å². The molecule has 1 atom stereocenters. The van der Waals surface area contributed by atoms with Gasteiger partial charge in [-0.1, -0.05) is 11.6 Å². The van der Waals surface area contributed by atoms with Crippen molar-refractivity contribution in [3.05, 3.63) is 67.6 Å². The number of ether oxygens (including phenoxy) is 1. The molecule has 0 fully saturated rings. The first kappa shape index (κ1) is 21.8. The standard InChI is InChI=1S/C19H21N2O8P/c1-4-28-30(26,29-5-2)16-12(15(23)11-8-10(3)6-7-13(11)22)9-27-18-14(16)17(24)20-19(25)21-18/h6-9,16,22H,4-5H2,1-3H3,(H2,20,21,24,25). The van der Waals surface area contributed by atoms with Gasteiger partial charge in [0.15, 0.2) is 5.78 Å². The predicted molar refractivity (Wildman–Crippen MR) is 107 cm³/mol. The Hall–Kier alpha value is -2.94. The summed E-state index contributed by atoms with van der Waals surface area (Å²) in [6.45, 7) is 4.85. The topological polar surface area (TPSA) is 148 Å². The molecule has 1 unspecified atom stereocenters. The van der Waals surface area contributed by atoms with Gasteiger partial charge >= 0.3 is 13.3 Å². The molecular weight excluding hydrogens is 415 g/mol. The van der Waals surface area contributed by atoms with Gasteiger partial charge in [-0.15, -0.1) is 0 Å². The third-order valence-electron chi connectivity index (χ3n) is 4.41. The molecule has 1 aromatic heterocycles. The molecule has 3 rings (SSSR count). The molecular formula is C19H21N2O8P. The second kappa shape index (κ2) is 8.43. The number of rotatable bonds is 7. The lowest BCUT2D eigenvalue weighted by atomic mass is 9.95. The van der Waals surface area contributed by atoms with Crippen molar-refractivity contribution in [2.45, 2.75) is 26.4 Å². The highest BCUT2D eigenvalue weighted by molar-refractivity contribution is 7.54. The van der Waals surface area contributed by atoms with E-state index in [-0.39, 0.29) is 41.5 Å². The van der Waals surface area contributed by atoms with Crippen LogP contribution >= 0.6 is 7.60 Å². The van der Waals surface area contributed by atoms with Gasteiger partial charge in [0.1, 0.15) is 17.7 Å². The van der Waals surface area contributed by atoms with Crippen LogP contribution in [0.5, 0.6) is 11.6 Å². The van der Waals surface area contributed by atoms with Crippen molar-refractivity contribution in [3.63, 3.8) is 0 Å². The van der Waals surface area contributed by atoms with Gasteiger partial charge in [-0.05, 0) is 32.9 Å². The van der Waals surface area contributed by atoms with E-state index < -0.39 is 30.3 Å². The van der Waals surface area contributed by atoms with Crippen LogP contribution in [0, 0.1) is 6.92 Å². The number of Topliss-reactive ketones (excluding diaryl/α,β-unsaturated/α-hetero) is 1. The molecule has 0 aliphatic carbocycles. The molecule has 0 saturated heterocycles. The molecule has 160 valence electrons. The first-order chi connectivity index (χ1) is 14.2. The van der Waals surface area contributed by atoms with Crippen LogP contribution in [0.15, 0.2) is 39.6 Å². The van der Waals surface area contributed by atoms with Crippen molar-refractivity contribution in [1.82, 2.24) is 9.97 Å².